The summed E-state index contributed by atoms with van der Waals surface area (Å²) in [6.45, 7) is 2.00. The molecule has 0 saturated heterocycles. The first-order chi connectivity index (χ1) is 11.2. The zero-order valence-electron chi connectivity index (χ0n) is 12.9. The van der Waals surface area contributed by atoms with Gasteiger partial charge in [-0.05, 0) is 25.1 Å². The minimum absolute atomic E-state index is 0.0358. The molecule has 2 N–H and O–H groups in total. The minimum Gasteiger partial charge on any atom is -0.467 e. The summed E-state index contributed by atoms with van der Waals surface area (Å²) in [7, 11) is 0. The Kier molecular flexibility index (Phi) is 4.68. The summed E-state index contributed by atoms with van der Waals surface area (Å²) >= 11 is 0. The zero-order chi connectivity index (χ0) is 16.1. The largest absolute Gasteiger partial charge is 0.467 e. The summed E-state index contributed by atoms with van der Waals surface area (Å²) in [5, 5.41) is 13.4. The quantitative estimate of drug-likeness (QED) is 0.727. The Morgan fingerprint density at radius 3 is 2.70 bits per heavy atom. The van der Waals surface area contributed by atoms with Crippen LogP contribution in [0.1, 0.15) is 25.2 Å². The molecule has 0 amide bonds. The highest BCUT2D eigenvalue weighted by atomic mass is 16.4. The number of hydrogen-bond acceptors (Lipinski definition) is 5. The highest BCUT2D eigenvalue weighted by Gasteiger charge is 2.15. The maximum Gasteiger partial charge on any atom is 0.161 e. The van der Waals surface area contributed by atoms with Crippen LogP contribution >= 0.6 is 0 Å². The summed E-state index contributed by atoms with van der Waals surface area (Å²) in [6, 6.07) is 15.2. The average Bonchev–Trinajstić information content (AvgIpc) is 3.10. The van der Waals surface area contributed by atoms with Crippen molar-refractivity contribution in [3.05, 3.63) is 66.8 Å². The van der Waals surface area contributed by atoms with E-state index in [1.807, 2.05) is 43.3 Å². The van der Waals surface area contributed by atoms with E-state index in [1.165, 1.54) is 0 Å². The standard InChI is InChI=1S/C18H19N3O2/c1-13(12-15(22)16-8-5-11-23-16)20-17-9-10-19-18(21-17)14-6-3-2-4-7-14/h2-11,13,15,22H,12H2,1H3,(H,19,20,21). The molecule has 0 fully saturated rings. The number of anilines is 1. The fraction of sp³-hybridized carbons (Fsp3) is 0.222. The van der Waals surface area contributed by atoms with Crippen LogP contribution < -0.4 is 5.32 Å². The van der Waals surface area contributed by atoms with Crippen molar-refractivity contribution < 1.29 is 9.52 Å². The fourth-order valence-electron chi connectivity index (χ4n) is 2.41. The minimum atomic E-state index is -0.636. The molecular formula is C18H19N3O2. The maximum atomic E-state index is 10.1. The van der Waals surface area contributed by atoms with Crippen molar-refractivity contribution in [1.29, 1.82) is 0 Å². The van der Waals surface area contributed by atoms with Crippen LogP contribution in [-0.2, 0) is 0 Å². The molecule has 0 bridgehead atoms. The topological polar surface area (TPSA) is 71.2 Å². The molecule has 2 heterocycles. The van der Waals surface area contributed by atoms with Crippen LogP contribution in [0.5, 0.6) is 0 Å². The second-order valence-corrected chi connectivity index (χ2v) is 5.44. The first-order valence-electron chi connectivity index (χ1n) is 7.59. The molecule has 3 rings (SSSR count). The van der Waals surface area contributed by atoms with Crippen molar-refractivity contribution in [3.63, 3.8) is 0 Å². The van der Waals surface area contributed by atoms with Crippen molar-refractivity contribution in [1.82, 2.24) is 9.97 Å². The summed E-state index contributed by atoms with van der Waals surface area (Å²) in [5.41, 5.74) is 0.972. The van der Waals surface area contributed by atoms with Crippen LogP contribution in [0.3, 0.4) is 0 Å². The number of nitrogens with one attached hydrogen (secondary N) is 1. The van der Waals surface area contributed by atoms with Gasteiger partial charge in [0.1, 0.15) is 17.7 Å². The van der Waals surface area contributed by atoms with E-state index in [0.29, 0.717) is 18.0 Å². The second kappa shape index (κ2) is 7.07. The van der Waals surface area contributed by atoms with Crippen LogP contribution in [0.15, 0.2) is 65.4 Å². The Morgan fingerprint density at radius 2 is 1.96 bits per heavy atom. The molecule has 2 atom stereocenters. The van der Waals surface area contributed by atoms with Gasteiger partial charge in [0.05, 0.1) is 6.26 Å². The van der Waals surface area contributed by atoms with E-state index in [1.54, 1.807) is 24.6 Å². The molecule has 0 aliphatic heterocycles. The Bertz CT molecular complexity index is 729. The molecule has 118 valence electrons. The first-order valence-corrected chi connectivity index (χ1v) is 7.59. The van der Waals surface area contributed by atoms with Gasteiger partial charge in [0.15, 0.2) is 5.82 Å². The van der Waals surface area contributed by atoms with Gasteiger partial charge >= 0.3 is 0 Å². The lowest BCUT2D eigenvalue weighted by Crippen LogP contribution is -2.19. The maximum absolute atomic E-state index is 10.1. The van der Waals surface area contributed by atoms with Gasteiger partial charge in [0.25, 0.3) is 0 Å². The predicted molar refractivity (Wildman–Crippen MR) is 88.8 cm³/mol. The van der Waals surface area contributed by atoms with Gasteiger partial charge in [-0.25, -0.2) is 9.97 Å². The SMILES string of the molecule is CC(CC(O)c1ccco1)Nc1ccnc(-c2ccccc2)n1. The number of furan rings is 1. The molecule has 0 spiro atoms. The van der Waals surface area contributed by atoms with Crippen LogP contribution in [0.4, 0.5) is 5.82 Å². The lowest BCUT2D eigenvalue weighted by Gasteiger charge is -2.17. The molecule has 1 aromatic carbocycles. The van der Waals surface area contributed by atoms with E-state index < -0.39 is 6.10 Å². The normalized spacial score (nSPS) is 13.5. The van der Waals surface area contributed by atoms with Crippen molar-refractivity contribution >= 4 is 5.82 Å². The van der Waals surface area contributed by atoms with Gasteiger partial charge in [-0.1, -0.05) is 30.3 Å². The van der Waals surface area contributed by atoms with Crippen LogP contribution in [-0.4, -0.2) is 21.1 Å². The van der Waals surface area contributed by atoms with Crippen molar-refractivity contribution in [2.45, 2.75) is 25.5 Å². The van der Waals surface area contributed by atoms with Crippen LogP contribution in [0.25, 0.3) is 11.4 Å². The van der Waals surface area contributed by atoms with Gasteiger partial charge in [0, 0.05) is 24.2 Å². The molecule has 0 aliphatic carbocycles. The van der Waals surface area contributed by atoms with E-state index in [2.05, 4.69) is 15.3 Å². The van der Waals surface area contributed by atoms with Crippen molar-refractivity contribution in [2.75, 3.05) is 5.32 Å². The number of aromatic nitrogens is 2. The van der Waals surface area contributed by atoms with E-state index >= 15 is 0 Å². The van der Waals surface area contributed by atoms with Crippen molar-refractivity contribution in [2.24, 2.45) is 0 Å². The van der Waals surface area contributed by atoms with Crippen molar-refractivity contribution in [3.8, 4) is 11.4 Å². The summed E-state index contributed by atoms with van der Waals surface area (Å²) < 4.78 is 5.22. The van der Waals surface area contributed by atoms with E-state index in [9.17, 15) is 5.11 Å². The molecular weight excluding hydrogens is 290 g/mol. The van der Waals surface area contributed by atoms with Gasteiger partial charge in [-0.15, -0.1) is 0 Å². The average molecular weight is 309 g/mol. The Balaban J connectivity index is 1.66. The lowest BCUT2D eigenvalue weighted by atomic mass is 10.1. The van der Waals surface area contributed by atoms with E-state index in [4.69, 9.17) is 4.42 Å². The Labute approximate surface area is 135 Å². The second-order valence-electron chi connectivity index (χ2n) is 5.44. The number of rotatable bonds is 6. The highest BCUT2D eigenvalue weighted by molar-refractivity contribution is 5.56. The number of aliphatic hydroxyl groups is 1. The lowest BCUT2D eigenvalue weighted by molar-refractivity contribution is 0.136. The first kappa shape index (κ1) is 15.2. The predicted octanol–water partition coefficient (Wildman–Crippen LogP) is 3.66. The third-order valence-corrected chi connectivity index (χ3v) is 3.53. The molecule has 5 nitrogen and oxygen atoms in total. The number of nitrogens with zero attached hydrogens (tertiary/aromatic N) is 2. The van der Waals surface area contributed by atoms with Crippen LogP contribution in [0, 0.1) is 0 Å². The number of aliphatic hydroxyl groups excluding tert-OH is 1. The molecule has 2 aromatic heterocycles. The summed E-state index contributed by atoms with van der Waals surface area (Å²) in [4.78, 5) is 8.83. The monoisotopic (exact) mass is 309 g/mol. The smallest absolute Gasteiger partial charge is 0.161 e. The molecule has 0 saturated carbocycles. The molecule has 0 aliphatic rings. The number of benzene rings is 1. The molecule has 5 heteroatoms. The molecule has 3 aromatic rings. The number of hydrogen-bond donors (Lipinski definition) is 2. The van der Waals surface area contributed by atoms with Gasteiger partial charge < -0.3 is 14.8 Å². The van der Waals surface area contributed by atoms with E-state index in [0.717, 1.165) is 11.4 Å². The zero-order valence-corrected chi connectivity index (χ0v) is 12.9. The Hall–Kier alpha value is -2.66. The highest BCUT2D eigenvalue weighted by Crippen LogP contribution is 2.21. The molecule has 0 radical (unpaired) electrons. The Morgan fingerprint density at radius 1 is 1.13 bits per heavy atom. The van der Waals surface area contributed by atoms with Crippen LogP contribution in [0.2, 0.25) is 0 Å². The third-order valence-electron chi connectivity index (χ3n) is 3.53. The third kappa shape index (κ3) is 3.96. The van der Waals surface area contributed by atoms with Gasteiger partial charge in [-0.3, -0.25) is 0 Å². The van der Waals surface area contributed by atoms with Gasteiger partial charge in [0.2, 0.25) is 0 Å². The van der Waals surface area contributed by atoms with E-state index in [-0.39, 0.29) is 6.04 Å². The summed E-state index contributed by atoms with van der Waals surface area (Å²) in [5.74, 6) is 1.98. The molecule has 2 unspecified atom stereocenters. The summed E-state index contributed by atoms with van der Waals surface area (Å²) in [6.07, 6.45) is 3.18. The fourth-order valence-corrected chi connectivity index (χ4v) is 2.41. The molecule has 23 heavy (non-hydrogen) atoms. The van der Waals surface area contributed by atoms with Gasteiger partial charge in [-0.2, -0.15) is 0 Å².